The Morgan fingerprint density at radius 2 is 2.06 bits per heavy atom. The molecule has 0 saturated carbocycles. The summed E-state index contributed by atoms with van der Waals surface area (Å²) < 4.78 is 42.4. The van der Waals surface area contributed by atoms with E-state index in [2.05, 4.69) is 4.98 Å². The standard InChI is InChI=1S/C11H15F3N2O2/c1-16(5-7-18-8-6-17)10-4-2-3-9(15-10)11(12,13)14/h2-4,17H,5-8H2,1H3. The quantitative estimate of drug-likeness (QED) is 0.792. The predicted octanol–water partition coefficient (Wildman–Crippen LogP) is 1.55. The fourth-order valence-electron chi connectivity index (χ4n) is 1.28. The fourth-order valence-corrected chi connectivity index (χ4v) is 1.28. The second-order valence-corrected chi connectivity index (χ2v) is 3.64. The largest absolute Gasteiger partial charge is 0.433 e. The van der Waals surface area contributed by atoms with E-state index in [9.17, 15) is 13.2 Å². The van der Waals surface area contributed by atoms with E-state index in [0.717, 1.165) is 6.07 Å². The zero-order valence-electron chi connectivity index (χ0n) is 9.94. The summed E-state index contributed by atoms with van der Waals surface area (Å²) in [5.41, 5.74) is -0.914. The van der Waals surface area contributed by atoms with Gasteiger partial charge in [-0.2, -0.15) is 13.2 Å². The first-order valence-electron chi connectivity index (χ1n) is 5.39. The van der Waals surface area contributed by atoms with Crippen molar-refractivity contribution >= 4 is 5.82 Å². The monoisotopic (exact) mass is 264 g/mol. The van der Waals surface area contributed by atoms with Gasteiger partial charge in [-0.15, -0.1) is 0 Å². The molecule has 1 rings (SSSR count). The predicted molar refractivity (Wildman–Crippen MR) is 60.4 cm³/mol. The number of ether oxygens (including phenoxy) is 1. The van der Waals surface area contributed by atoms with Crippen LogP contribution in [0.3, 0.4) is 0 Å². The highest BCUT2D eigenvalue weighted by atomic mass is 19.4. The first-order chi connectivity index (χ1) is 8.45. The Labute approximate surface area is 103 Å². The molecule has 0 amide bonds. The maximum Gasteiger partial charge on any atom is 0.433 e. The van der Waals surface area contributed by atoms with Crippen molar-refractivity contribution in [3.05, 3.63) is 23.9 Å². The van der Waals surface area contributed by atoms with Crippen molar-refractivity contribution in [1.82, 2.24) is 4.98 Å². The molecule has 1 heterocycles. The molecule has 0 saturated heterocycles. The van der Waals surface area contributed by atoms with Crippen molar-refractivity contribution < 1.29 is 23.0 Å². The highest BCUT2D eigenvalue weighted by Crippen LogP contribution is 2.28. The van der Waals surface area contributed by atoms with E-state index in [1.807, 2.05) is 0 Å². The Balaban J connectivity index is 2.60. The normalized spacial score (nSPS) is 11.6. The number of aromatic nitrogens is 1. The Hall–Kier alpha value is -1.34. The number of hydrogen-bond donors (Lipinski definition) is 1. The number of aliphatic hydroxyl groups is 1. The lowest BCUT2D eigenvalue weighted by Gasteiger charge is -2.19. The molecule has 0 bridgehead atoms. The number of alkyl halides is 3. The van der Waals surface area contributed by atoms with Crippen molar-refractivity contribution in [2.24, 2.45) is 0 Å². The zero-order valence-corrected chi connectivity index (χ0v) is 9.94. The smallest absolute Gasteiger partial charge is 0.394 e. The molecule has 0 aliphatic heterocycles. The molecule has 102 valence electrons. The summed E-state index contributed by atoms with van der Waals surface area (Å²) in [6.45, 7) is 0.846. The van der Waals surface area contributed by atoms with E-state index in [0.29, 0.717) is 13.2 Å². The van der Waals surface area contributed by atoms with E-state index in [-0.39, 0.29) is 19.0 Å². The average molecular weight is 264 g/mol. The lowest BCUT2D eigenvalue weighted by Crippen LogP contribution is -2.24. The third-order valence-corrected chi connectivity index (χ3v) is 2.22. The van der Waals surface area contributed by atoms with Gasteiger partial charge in [-0.3, -0.25) is 0 Å². The van der Waals surface area contributed by atoms with Gasteiger partial charge in [0.15, 0.2) is 0 Å². The number of anilines is 1. The van der Waals surface area contributed by atoms with E-state index < -0.39 is 11.9 Å². The fraction of sp³-hybridized carbons (Fsp3) is 0.545. The minimum Gasteiger partial charge on any atom is -0.394 e. The number of nitrogens with zero attached hydrogens (tertiary/aromatic N) is 2. The number of hydrogen-bond acceptors (Lipinski definition) is 4. The van der Waals surface area contributed by atoms with Gasteiger partial charge in [-0.05, 0) is 12.1 Å². The van der Waals surface area contributed by atoms with Crippen LogP contribution in [0.2, 0.25) is 0 Å². The van der Waals surface area contributed by atoms with Crippen molar-refractivity contribution in [2.75, 3.05) is 38.3 Å². The van der Waals surface area contributed by atoms with Crippen molar-refractivity contribution in [3.63, 3.8) is 0 Å². The zero-order chi connectivity index (χ0) is 13.6. The van der Waals surface area contributed by atoms with Crippen LogP contribution >= 0.6 is 0 Å². The highest BCUT2D eigenvalue weighted by Gasteiger charge is 2.32. The molecule has 1 N–H and O–H groups in total. The third-order valence-electron chi connectivity index (χ3n) is 2.22. The second-order valence-electron chi connectivity index (χ2n) is 3.64. The van der Waals surface area contributed by atoms with E-state index in [1.165, 1.54) is 12.1 Å². The van der Waals surface area contributed by atoms with E-state index in [1.54, 1.807) is 11.9 Å². The van der Waals surface area contributed by atoms with Crippen LogP contribution in [-0.2, 0) is 10.9 Å². The third kappa shape index (κ3) is 4.50. The topological polar surface area (TPSA) is 45.6 Å². The number of halogens is 3. The molecule has 0 radical (unpaired) electrons. The van der Waals surface area contributed by atoms with Gasteiger partial charge < -0.3 is 14.7 Å². The van der Waals surface area contributed by atoms with E-state index >= 15 is 0 Å². The van der Waals surface area contributed by atoms with Gasteiger partial charge in [0, 0.05) is 13.6 Å². The minimum atomic E-state index is -4.44. The minimum absolute atomic E-state index is 0.0779. The van der Waals surface area contributed by atoms with Crippen LogP contribution in [0.15, 0.2) is 18.2 Å². The Morgan fingerprint density at radius 1 is 1.33 bits per heavy atom. The molecule has 0 atom stereocenters. The van der Waals surface area contributed by atoms with Gasteiger partial charge >= 0.3 is 6.18 Å². The number of likely N-dealkylation sites (N-methyl/N-ethyl adjacent to an activating group) is 1. The molecule has 4 nitrogen and oxygen atoms in total. The van der Waals surface area contributed by atoms with Crippen LogP contribution in [0.25, 0.3) is 0 Å². The molecule has 1 aromatic rings. The summed E-state index contributed by atoms with van der Waals surface area (Å²) in [5, 5.41) is 8.50. The maximum atomic E-state index is 12.5. The summed E-state index contributed by atoms with van der Waals surface area (Å²) in [7, 11) is 1.63. The van der Waals surface area contributed by atoms with E-state index in [4.69, 9.17) is 9.84 Å². The van der Waals surface area contributed by atoms with Gasteiger partial charge in [0.1, 0.15) is 11.5 Å². The van der Waals surface area contributed by atoms with Crippen LogP contribution in [0.1, 0.15) is 5.69 Å². The molecule has 18 heavy (non-hydrogen) atoms. The first kappa shape index (κ1) is 14.7. The summed E-state index contributed by atoms with van der Waals surface area (Å²) >= 11 is 0. The second kappa shape index (κ2) is 6.55. The highest BCUT2D eigenvalue weighted by molar-refractivity contribution is 5.38. The summed E-state index contributed by atoms with van der Waals surface area (Å²) in [4.78, 5) is 5.10. The first-order valence-corrected chi connectivity index (χ1v) is 5.39. The lowest BCUT2D eigenvalue weighted by molar-refractivity contribution is -0.141. The van der Waals surface area contributed by atoms with Crippen LogP contribution in [-0.4, -0.2) is 43.5 Å². The summed E-state index contributed by atoms with van der Waals surface area (Å²) in [6, 6.07) is 3.75. The van der Waals surface area contributed by atoms with Crippen LogP contribution in [0.4, 0.5) is 19.0 Å². The maximum absolute atomic E-state index is 12.5. The Morgan fingerprint density at radius 3 is 2.67 bits per heavy atom. The molecule has 7 heteroatoms. The number of aliphatic hydroxyl groups excluding tert-OH is 1. The number of rotatable bonds is 6. The molecule has 0 aliphatic carbocycles. The van der Waals surface area contributed by atoms with Crippen molar-refractivity contribution in [1.29, 1.82) is 0 Å². The molecule has 0 aliphatic rings. The molecule has 0 fully saturated rings. The Kier molecular flexibility index (Phi) is 5.36. The summed E-state index contributed by atoms with van der Waals surface area (Å²) in [6.07, 6.45) is -4.44. The molecule has 0 aromatic carbocycles. The molecule has 0 unspecified atom stereocenters. The molecule has 1 aromatic heterocycles. The van der Waals surface area contributed by atoms with Gasteiger partial charge in [0.25, 0.3) is 0 Å². The van der Waals surface area contributed by atoms with Gasteiger partial charge in [-0.25, -0.2) is 4.98 Å². The SMILES string of the molecule is CN(CCOCCO)c1cccc(C(F)(F)F)n1. The van der Waals surface area contributed by atoms with Crippen molar-refractivity contribution in [3.8, 4) is 0 Å². The van der Waals surface area contributed by atoms with Crippen molar-refractivity contribution in [2.45, 2.75) is 6.18 Å². The Bertz CT molecular complexity index is 372. The summed E-state index contributed by atoms with van der Waals surface area (Å²) in [5.74, 6) is 0.234. The van der Waals surface area contributed by atoms with Crippen LogP contribution in [0, 0.1) is 0 Å². The molecule has 0 spiro atoms. The lowest BCUT2D eigenvalue weighted by atomic mass is 10.3. The van der Waals surface area contributed by atoms with Gasteiger partial charge in [0.05, 0.1) is 19.8 Å². The van der Waals surface area contributed by atoms with Crippen LogP contribution < -0.4 is 4.90 Å². The molecular formula is C11H15F3N2O2. The van der Waals surface area contributed by atoms with Gasteiger partial charge in [-0.1, -0.05) is 6.07 Å². The average Bonchev–Trinajstić information content (AvgIpc) is 2.33. The van der Waals surface area contributed by atoms with Gasteiger partial charge in [0.2, 0.25) is 0 Å². The number of pyridine rings is 1. The molecular weight excluding hydrogens is 249 g/mol. The van der Waals surface area contributed by atoms with Crippen LogP contribution in [0.5, 0.6) is 0 Å².